The zero-order valence-electron chi connectivity index (χ0n) is 9.63. The highest BCUT2D eigenvalue weighted by atomic mass is 19.4. The first-order chi connectivity index (χ1) is 9.41. The summed E-state index contributed by atoms with van der Waals surface area (Å²) in [6.45, 7) is 0. The van der Waals surface area contributed by atoms with Gasteiger partial charge in [0.1, 0.15) is 0 Å². The van der Waals surface area contributed by atoms with Gasteiger partial charge in [0, 0.05) is 0 Å². The predicted molar refractivity (Wildman–Crippen MR) is 49.7 cm³/mol. The lowest BCUT2D eigenvalue weighted by Crippen LogP contribution is -2.39. The molecule has 0 N–H and O–H groups in total. The molecule has 0 saturated heterocycles. The van der Waals surface area contributed by atoms with Gasteiger partial charge in [0.2, 0.25) is 5.76 Å². The molecule has 120 valence electrons. The molecule has 0 aliphatic heterocycles. The van der Waals surface area contributed by atoms with Gasteiger partial charge in [-0.25, -0.2) is 8.78 Å². The van der Waals surface area contributed by atoms with Crippen molar-refractivity contribution in [3.8, 4) is 0 Å². The Hall–Kier alpha value is -1.88. The lowest BCUT2D eigenvalue weighted by molar-refractivity contribution is -0.596. The van der Waals surface area contributed by atoms with E-state index in [0.29, 0.717) is 0 Å². The van der Waals surface area contributed by atoms with Crippen molar-refractivity contribution < 1.29 is 44.8 Å². The van der Waals surface area contributed by atoms with Gasteiger partial charge in [-0.2, -0.15) is 26.3 Å². The van der Waals surface area contributed by atoms with Gasteiger partial charge < -0.3 is 4.74 Å². The van der Waals surface area contributed by atoms with Crippen molar-refractivity contribution in [1.29, 1.82) is 0 Å². The summed E-state index contributed by atoms with van der Waals surface area (Å²) in [7, 11) is 0. The molecule has 1 aliphatic carbocycles. The summed E-state index contributed by atoms with van der Waals surface area (Å²) in [5.74, 6) is -10.6. The quantitative estimate of drug-likeness (QED) is 0.343. The fraction of sp³-hybridized carbons (Fsp3) is 0.556. The Morgan fingerprint density at radius 1 is 1.33 bits per heavy atom. The molecule has 0 spiro atoms. The van der Waals surface area contributed by atoms with Gasteiger partial charge in [-0.3, -0.25) is 10.1 Å². The van der Waals surface area contributed by atoms with Crippen molar-refractivity contribution in [2.75, 3.05) is 0 Å². The maximum atomic E-state index is 13.5. The molecule has 0 radical (unpaired) electrons. The van der Waals surface area contributed by atoms with Crippen LogP contribution in [0.25, 0.3) is 0 Å². The summed E-state index contributed by atoms with van der Waals surface area (Å²) in [4.78, 5) is 8.47. The molecule has 3 atom stereocenters. The van der Waals surface area contributed by atoms with E-state index in [1.54, 1.807) is 0 Å². The fourth-order valence-corrected chi connectivity index (χ4v) is 1.27. The second-order valence-electron chi connectivity index (χ2n) is 3.83. The number of rotatable bonds is 4. The second-order valence-corrected chi connectivity index (χ2v) is 3.83. The summed E-state index contributed by atoms with van der Waals surface area (Å²) in [5.41, 5.74) is 0. The van der Waals surface area contributed by atoms with Gasteiger partial charge in [0.05, 0.1) is 11.3 Å². The van der Waals surface area contributed by atoms with E-state index in [0.717, 1.165) is 0 Å². The van der Waals surface area contributed by atoms with Crippen molar-refractivity contribution in [3.63, 3.8) is 0 Å². The first-order valence-corrected chi connectivity index (χ1v) is 5.02. The van der Waals surface area contributed by atoms with Crippen LogP contribution in [0, 0.1) is 10.1 Å². The van der Waals surface area contributed by atoms with Gasteiger partial charge in [-0.05, 0) is 6.08 Å². The van der Waals surface area contributed by atoms with Crippen LogP contribution in [0.15, 0.2) is 23.5 Å². The molecule has 0 aromatic heterocycles. The second kappa shape index (κ2) is 5.48. The van der Waals surface area contributed by atoms with E-state index >= 15 is 0 Å². The third-order valence-electron chi connectivity index (χ3n) is 2.37. The highest BCUT2D eigenvalue weighted by Crippen LogP contribution is 2.40. The zero-order valence-corrected chi connectivity index (χ0v) is 9.63. The highest BCUT2D eigenvalue weighted by molar-refractivity contribution is 5.31. The highest BCUT2D eigenvalue weighted by Gasteiger charge is 2.55. The van der Waals surface area contributed by atoms with Gasteiger partial charge in [0.25, 0.3) is 18.4 Å². The van der Waals surface area contributed by atoms with Gasteiger partial charge in [0.15, 0.2) is 5.83 Å². The lowest BCUT2D eigenvalue weighted by Gasteiger charge is -2.23. The molecular formula is C9H5F8NO3. The molecule has 1 aliphatic rings. The molecule has 1 rings (SSSR count). The maximum Gasteiger partial charge on any atom is 0.426 e. The van der Waals surface area contributed by atoms with E-state index in [9.17, 15) is 45.2 Å². The van der Waals surface area contributed by atoms with Crippen LogP contribution >= 0.6 is 0 Å². The van der Waals surface area contributed by atoms with Crippen molar-refractivity contribution in [2.45, 2.75) is 30.9 Å². The number of hydrogen-bond donors (Lipinski definition) is 0. The third kappa shape index (κ3) is 3.24. The SMILES string of the molecule is O=[N+]([O-])C1(F)CC=C(F)C(OC(F)C(F)C(F)(F)F)=C1F. The Morgan fingerprint density at radius 3 is 2.29 bits per heavy atom. The van der Waals surface area contributed by atoms with Crippen LogP contribution < -0.4 is 0 Å². The minimum absolute atomic E-state index is 0.0642. The van der Waals surface area contributed by atoms with E-state index in [4.69, 9.17) is 0 Å². The lowest BCUT2D eigenvalue weighted by atomic mass is 10.0. The number of nitro groups is 1. The van der Waals surface area contributed by atoms with Crippen molar-refractivity contribution in [2.24, 2.45) is 0 Å². The Morgan fingerprint density at radius 2 is 1.86 bits per heavy atom. The van der Waals surface area contributed by atoms with Crippen molar-refractivity contribution in [3.05, 3.63) is 33.6 Å². The summed E-state index contributed by atoms with van der Waals surface area (Å²) >= 11 is 0. The van der Waals surface area contributed by atoms with E-state index < -0.39 is 53.3 Å². The summed E-state index contributed by atoms with van der Waals surface area (Å²) in [6, 6.07) is 0. The minimum Gasteiger partial charge on any atom is -0.451 e. The molecule has 4 nitrogen and oxygen atoms in total. The minimum atomic E-state index is -5.75. The zero-order chi connectivity index (χ0) is 16.6. The normalized spacial score (nSPS) is 26.2. The van der Waals surface area contributed by atoms with E-state index in [2.05, 4.69) is 4.74 Å². The molecule has 12 heteroatoms. The molecule has 0 fully saturated rings. The van der Waals surface area contributed by atoms with E-state index in [1.807, 2.05) is 0 Å². The van der Waals surface area contributed by atoms with Crippen LogP contribution in [-0.2, 0) is 4.74 Å². The molecule has 0 bridgehead atoms. The topological polar surface area (TPSA) is 52.4 Å². The Bertz CT molecular complexity index is 502. The van der Waals surface area contributed by atoms with E-state index in [-0.39, 0.29) is 6.08 Å². The molecule has 0 heterocycles. The third-order valence-corrected chi connectivity index (χ3v) is 2.37. The van der Waals surface area contributed by atoms with Gasteiger partial charge in [-0.1, -0.05) is 0 Å². The van der Waals surface area contributed by atoms with Crippen LogP contribution in [0.1, 0.15) is 6.42 Å². The monoisotopic (exact) mass is 327 g/mol. The number of allylic oxidation sites excluding steroid dienone is 1. The Labute approximate surface area is 110 Å². The van der Waals surface area contributed by atoms with Gasteiger partial charge >= 0.3 is 12.0 Å². The summed E-state index contributed by atoms with van der Waals surface area (Å²) in [6.07, 6.45) is -15.3. The molecule has 0 aromatic carbocycles. The number of nitrogens with zero attached hydrogens (tertiary/aromatic N) is 1. The molecular weight excluding hydrogens is 322 g/mol. The fourth-order valence-electron chi connectivity index (χ4n) is 1.27. The number of hydrogen-bond acceptors (Lipinski definition) is 3. The molecule has 0 aromatic rings. The average molecular weight is 327 g/mol. The van der Waals surface area contributed by atoms with Gasteiger partial charge in [-0.15, -0.1) is 0 Å². The number of halogens is 8. The first-order valence-electron chi connectivity index (χ1n) is 5.02. The standard InChI is InChI=1S/C9H5F8NO3/c10-3-1-2-8(14,18(19)20)5(11)4(3)21-7(13)6(12)9(15,16)17/h1,6-7H,2H2. The Kier molecular flexibility index (Phi) is 4.48. The van der Waals surface area contributed by atoms with Crippen molar-refractivity contribution >= 4 is 0 Å². The summed E-state index contributed by atoms with van der Waals surface area (Å²) in [5, 5.41) is 10.3. The predicted octanol–water partition coefficient (Wildman–Crippen LogP) is 3.58. The average Bonchev–Trinajstić information content (AvgIpc) is 2.36. The maximum absolute atomic E-state index is 13.5. The molecule has 3 unspecified atom stereocenters. The molecule has 21 heavy (non-hydrogen) atoms. The smallest absolute Gasteiger partial charge is 0.426 e. The van der Waals surface area contributed by atoms with Crippen LogP contribution in [0.3, 0.4) is 0 Å². The van der Waals surface area contributed by atoms with Crippen LogP contribution in [0.2, 0.25) is 0 Å². The van der Waals surface area contributed by atoms with Crippen LogP contribution in [-0.4, -0.2) is 29.4 Å². The molecule has 0 saturated carbocycles. The summed E-state index contributed by atoms with van der Waals surface area (Å²) < 4.78 is 104. The number of ether oxygens (including phenoxy) is 1. The largest absolute Gasteiger partial charge is 0.451 e. The number of alkyl halides is 6. The van der Waals surface area contributed by atoms with E-state index in [1.165, 1.54) is 0 Å². The van der Waals surface area contributed by atoms with Crippen LogP contribution in [0.5, 0.6) is 0 Å². The van der Waals surface area contributed by atoms with Crippen molar-refractivity contribution in [1.82, 2.24) is 0 Å². The molecule has 0 amide bonds. The first kappa shape index (κ1) is 17.2. The van der Waals surface area contributed by atoms with Crippen LogP contribution in [0.4, 0.5) is 35.1 Å². The Balaban J connectivity index is 3.09.